The average Bonchev–Trinajstić information content (AvgIpc) is 2.35. The van der Waals surface area contributed by atoms with E-state index in [-0.39, 0.29) is 5.76 Å². The Bertz CT molecular complexity index is 567. The minimum absolute atomic E-state index is 0.0852. The number of hydrogen-bond donors (Lipinski definition) is 1. The minimum Gasteiger partial charge on any atom is -0.507 e. The first-order valence-electron chi connectivity index (χ1n) is 5.83. The van der Waals surface area contributed by atoms with Crippen LogP contribution in [-0.2, 0) is 17.6 Å². The van der Waals surface area contributed by atoms with Crippen LogP contribution in [0.3, 0.4) is 0 Å². The predicted octanol–water partition coefficient (Wildman–Crippen LogP) is 2.23. The Morgan fingerprint density at radius 3 is 2.65 bits per heavy atom. The summed E-state index contributed by atoms with van der Waals surface area (Å²) in [6.45, 7) is 0. The topological polar surface area (TPSA) is 54.4 Å². The molecule has 0 atom stereocenters. The normalized spacial score (nSPS) is 18.5. The van der Waals surface area contributed by atoms with Crippen LogP contribution in [0.4, 0.5) is 0 Å². The van der Waals surface area contributed by atoms with E-state index >= 15 is 0 Å². The molecule has 1 aromatic rings. The summed E-state index contributed by atoms with van der Waals surface area (Å²) in [4.78, 5) is 23.4. The summed E-state index contributed by atoms with van der Waals surface area (Å²) < 4.78 is 0. The van der Waals surface area contributed by atoms with E-state index < -0.39 is 11.6 Å². The van der Waals surface area contributed by atoms with Crippen molar-refractivity contribution in [3.8, 4) is 0 Å². The number of allylic oxidation sites excluding steroid dienone is 1. The van der Waals surface area contributed by atoms with Crippen molar-refractivity contribution in [3.63, 3.8) is 0 Å². The lowest BCUT2D eigenvalue weighted by molar-refractivity contribution is -0.111. The van der Waals surface area contributed by atoms with Gasteiger partial charge in [-0.3, -0.25) is 9.59 Å². The number of hydrogen-bond acceptors (Lipinski definition) is 3. The predicted molar refractivity (Wildman–Crippen MR) is 63.0 cm³/mol. The van der Waals surface area contributed by atoms with Gasteiger partial charge >= 0.3 is 0 Å². The lowest BCUT2D eigenvalue weighted by Gasteiger charge is -2.22. The first kappa shape index (κ1) is 10.3. The molecule has 3 rings (SSSR count). The van der Waals surface area contributed by atoms with Crippen molar-refractivity contribution < 1.29 is 14.7 Å². The number of aryl methyl sites for hydroxylation is 1. The maximum atomic E-state index is 11.9. The molecule has 0 heterocycles. The minimum atomic E-state index is -0.617. The Balaban J connectivity index is 2.30. The molecule has 1 N–H and O–H groups in total. The first-order valence-corrected chi connectivity index (χ1v) is 5.83. The van der Waals surface area contributed by atoms with Crippen molar-refractivity contribution in [2.75, 3.05) is 0 Å². The van der Waals surface area contributed by atoms with Crippen LogP contribution in [0.25, 0.3) is 5.76 Å². The number of aliphatic hydroxyl groups is 1. The Kier molecular flexibility index (Phi) is 2.15. The lowest BCUT2D eigenvalue weighted by atomic mass is 9.81. The number of ketones is 2. The molecule has 0 fully saturated rings. The smallest absolute Gasteiger partial charge is 0.234 e. The van der Waals surface area contributed by atoms with E-state index in [4.69, 9.17) is 0 Å². The van der Waals surface area contributed by atoms with E-state index in [1.165, 1.54) is 0 Å². The molecule has 0 radical (unpaired) electrons. The molecule has 3 heteroatoms. The molecule has 1 aromatic carbocycles. The van der Waals surface area contributed by atoms with Gasteiger partial charge in [0, 0.05) is 17.2 Å². The maximum Gasteiger partial charge on any atom is 0.234 e. The molecule has 0 aromatic heterocycles. The zero-order valence-electron chi connectivity index (χ0n) is 9.32. The van der Waals surface area contributed by atoms with Crippen LogP contribution in [0.2, 0.25) is 0 Å². The number of aliphatic hydroxyl groups excluding tert-OH is 1. The summed E-state index contributed by atoms with van der Waals surface area (Å²) in [6, 6.07) is 3.70. The van der Waals surface area contributed by atoms with Crippen molar-refractivity contribution in [2.24, 2.45) is 0 Å². The monoisotopic (exact) mass is 228 g/mol. The fourth-order valence-electron chi connectivity index (χ4n) is 2.69. The number of benzene rings is 1. The van der Waals surface area contributed by atoms with E-state index in [9.17, 15) is 14.7 Å². The molecule has 0 saturated carbocycles. The van der Waals surface area contributed by atoms with Crippen molar-refractivity contribution in [2.45, 2.75) is 25.7 Å². The third-order valence-electron chi connectivity index (χ3n) is 3.53. The zero-order chi connectivity index (χ0) is 12.0. The molecule has 0 spiro atoms. The first-order chi connectivity index (χ1) is 8.18. The van der Waals surface area contributed by atoms with Gasteiger partial charge in [0.1, 0.15) is 5.76 Å². The average molecular weight is 228 g/mol. The third kappa shape index (κ3) is 1.42. The van der Waals surface area contributed by atoms with Gasteiger partial charge in [-0.05, 0) is 36.8 Å². The summed E-state index contributed by atoms with van der Waals surface area (Å²) in [6.07, 6.45) is 4.95. The largest absolute Gasteiger partial charge is 0.507 e. The molecule has 0 amide bonds. The van der Waals surface area contributed by atoms with E-state index in [0.717, 1.165) is 42.9 Å². The van der Waals surface area contributed by atoms with Crippen LogP contribution in [0.15, 0.2) is 18.2 Å². The molecule has 17 heavy (non-hydrogen) atoms. The SMILES string of the molecule is O=C1C=C(O)c2ccc3c(c2C1=O)CCCC3. The van der Waals surface area contributed by atoms with E-state index in [1.54, 1.807) is 6.07 Å². The van der Waals surface area contributed by atoms with Crippen LogP contribution in [0.1, 0.15) is 39.9 Å². The molecule has 2 aliphatic rings. The highest BCUT2D eigenvalue weighted by Crippen LogP contribution is 2.32. The molecule has 3 nitrogen and oxygen atoms in total. The van der Waals surface area contributed by atoms with Gasteiger partial charge in [0.25, 0.3) is 0 Å². The second kappa shape index (κ2) is 3.55. The summed E-state index contributed by atoms with van der Waals surface area (Å²) >= 11 is 0. The van der Waals surface area contributed by atoms with E-state index in [0.29, 0.717) is 11.1 Å². The highest BCUT2D eigenvalue weighted by Gasteiger charge is 2.30. The van der Waals surface area contributed by atoms with Crippen LogP contribution >= 0.6 is 0 Å². The quantitative estimate of drug-likeness (QED) is 0.693. The Morgan fingerprint density at radius 2 is 1.82 bits per heavy atom. The summed E-state index contributed by atoms with van der Waals surface area (Å²) in [7, 11) is 0. The van der Waals surface area contributed by atoms with Crippen molar-refractivity contribution >= 4 is 17.3 Å². The second-order valence-corrected chi connectivity index (χ2v) is 4.56. The van der Waals surface area contributed by atoms with Crippen LogP contribution in [0, 0.1) is 0 Å². The maximum absolute atomic E-state index is 11.9. The molecule has 2 aliphatic carbocycles. The van der Waals surface area contributed by atoms with Crippen molar-refractivity contribution in [3.05, 3.63) is 40.5 Å². The summed E-state index contributed by atoms with van der Waals surface area (Å²) in [5, 5.41) is 9.74. The summed E-state index contributed by atoms with van der Waals surface area (Å²) in [5.41, 5.74) is 3.06. The highest BCUT2D eigenvalue weighted by molar-refractivity contribution is 6.50. The molecular formula is C14H12O3. The van der Waals surface area contributed by atoms with E-state index in [2.05, 4.69) is 0 Å². The number of carbonyl (C=O) groups is 2. The number of fused-ring (bicyclic) bond motifs is 3. The van der Waals surface area contributed by atoms with Gasteiger partial charge in [-0.25, -0.2) is 0 Å². The molecule has 0 unspecified atom stereocenters. The van der Waals surface area contributed by atoms with Crippen LogP contribution in [-0.4, -0.2) is 16.7 Å². The second-order valence-electron chi connectivity index (χ2n) is 4.56. The van der Waals surface area contributed by atoms with E-state index in [1.807, 2.05) is 6.07 Å². The summed E-state index contributed by atoms with van der Waals surface area (Å²) in [5.74, 6) is -1.18. The van der Waals surface area contributed by atoms with Gasteiger partial charge in [-0.1, -0.05) is 12.1 Å². The molecule has 0 aliphatic heterocycles. The van der Waals surface area contributed by atoms with Gasteiger partial charge in [0.05, 0.1) is 0 Å². The molecule has 86 valence electrons. The number of Topliss-reactive ketones (excluding diaryl/α,β-unsaturated/α-hetero) is 1. The van der Waals surface area contributed by atoms with Crippen molar-refractivity contribution in [1.82, 2.24) is 0 Å². The Hall–Kier alpha value is -1.90. The Morgan fingerprint density at radius 1 is 1.06 bits per heavy atom. The van der Waals surface area contributed by atoms with Crippen LogP contribution < -0.4 is 0 Å². The third-order valence-corrected chi connectivity index (χ3v) is 3.53. The van der Waals surface area contributed by atoms with Crippen molar-refractivity contribution in [1.29, 1.82) is 0 Å². The molecule has 0 saturated heterocycles. The highest BCUT2D eigenvalue weighted by atomic mass is 16.3. The fraction of sp³-hybridized carbons (Fsp3) is 0.286. The van der Waals surface area contributed by atoms with Gasteiger partial charge in [0.15, 0.2) is 0 Å². The fourth-order valence-corrected chi connectivity index (χ4v) is 2.69. The van der Waals surface area contributed by atoms with Gasteiger partial charge in [0.2, 0.25) is 11.6 Å². The molecule has 0 bridgehead atoms. The van der Waals surface area contributed by atoms with Gasteiger partial charge < -0.3 is 5.11 Å². The molecular weight excluding hydrogens is 216 g/mol. The van der Waals surface area contributed by atoms with Gasteiger partial charge in [-0.2, -0.15) is 0 Å². The standard InChI is InChI=1S/C14H12O3/c15-11-7-12(16)14(17)13-9-4-2-1-3-8(9)5-6-10(11)13/h5-7,15H,1-4H2. The van der Waals surface area contributed by atoms with Crippen LogP contribution in [0.5, 0.6) is 0 Å². The zero-order valence-corrected chi connectivity index (χ0v) is 9.32. The van der Waals surface area contributed by atoms with Gasteiger partial charge in [-0.15, -0.1) is 0 Å². The Labute approximate surface area is 98.8 Å². The lowest BCUT2D eigenvalue weighted by Crippen LogP contribution is -2.22. The number of carbonyl (C=O) groups excluding carboxylic acids is 2. The number of rotatable bonds is 0.